The Balaban J connectivity index is 2.04. The van der Waals surface area contributed by atoms with Gasteiger partial charge in [-0.3, -0.25) is 4.79 Å². The van der Waals surface area contributed by atoms with Gasteiger partial charge in [-0.05, 0) is 49.8 Å². The second kappa shape index (κ2) is 11.6. The minimum absolute atomic E-state index is 0.0823. The predicted octanol–water partition coefficient (Wildman–Crippen LogP) is 4.06. The van der Waals surface area contributed by atoms with Crippen LogP contribution >= 0.6 is 0 Å². The highest BCUT2D eigenvalue weighted by atomic mass is 16.3. The molecule has 0 unspecified atom stereocenters. The number of aromatic hydroxyl groups is 2. The molecule has 0 bridgehead atoms. The van der Waals surface area contributed by atoms with Crippen molar-refractivity contribution in [3.63, 3.8) is 0 Å². The van der Waals surface area contributed by atoms with Crippen LogP contribution in [0, 0.1) is 0 Å². The first-order chi connectivity index (χ1) is 11.1. The number of unbranched alkanes of at least 4 members (excludes halogenated alkanes) is 4. The van der Waals surface area contributed by atoms with Gasteiger partial charge in [0.2, 0.25) is 5.91 Å². The SMILES string of the molecule is CC/C=C\CCCCCCC(=O)NCCc1ccc(O)c(O)c1. The van der Waals surface area contributed by atoms with Crippen LogP contribution in [0.3, 0.4) is 0 Å². The van der Waals surface area contributed by atoms with E-state index in [9.17, 15) is 15.0 Å². The van der Waals surface area contributed by atoms with Gasteiger partial charge in [0.1, 0.15) is 0 Å². The van der Waals surface area contributed by atoms with Crippen LogP contribution < -0.4 is 5.32 Å². The van der Waals surface area contributed by atoms with Gasteiger partial charge in [-0.15, -0.1) is 0 Å². The Bertz CT molecular complexity index is 497. The van der Waals surface area contributed by atoms with E-state index in [4.69, 9.17) is 0 Å². The highest BCUT2D eigenvalue weighted by Crippen LogP contribution is 2.24. The van der Waals surface area contributed by atoms with Crippen molar-refractivity contribution in [1.82, 2.24) is 5.32 Å². The van der Waals surface area contributed by atoms with Gasteiger partial charge in [-0.2, -0.15) is 0 Å². The Morgan fingerprint density at radius 1 is 1.09 bits per heavy atom. The lowest BCUT2D eigenvalue weighted by molar-refractivity contribution is -0.121. The normalized spacial score (nSPS) is 11.0. The molecule has 0 saturated heterocycles. The number of hydrogen-bond donors (Lipinski definition) is 3. The summed E-state index contributed by atoms with van der Waals surface area (Å²) >= 11 is 0. The lowest BCUT2D eigenvalue weighted by atomic mass is 10.1. The molecule has 1 amide bonds. The van der Waals surface area contributed by atoms with Gasteiger partial charge in [-0.25, -0.2) is 0 Å². The van der Waals surface area contributed by atoms with Gasteiger partial charge < -0.3 is 15.5 Å². The highest BCUT2D eigenvalue weighted by Gasteiger charge is 2.03. The molecule has 3 N–H and O–H groups in total. The lowest BCUT2D eigenvalue weighted by Gasteiger charge is -2.06. The van der Waals surface area contributed by atoms with Crippen LogP contribution in [-0.4, -0.2) is 22.7 Å². The average molecular weight is 319 g/mol. The zero-order chi connectivity index (χ0) is 16.9. The van der Waals surface area contributed by atoms with Crippen molar-refractivity contribution in [3.05, 3.63) is 35.9 Å². The number of nitrogens with one attached hydrogen (secondary N) is 1. The van der Waals surface area contributed by atoms with Crippen molar-refractivity contribution < 1.29 is 15.0 Å². The number of hydrogen-bond acceptors (Lipinski definition) is 3. The Morgan fingerprint density at radius 2 is 1.87 bits per heavy atom. The molecule has 128 valence electrons. The zero-order valence-corrected chi connectivity index (χ0v) is 14.1. The molecule has 0 aliphatic heterocycles. The third-order valence-corrected chi connectivity index (χ3v) is 3.70. The molecule has 0 aliphatic carbocycles. The van der Waals surface area contributed by atoms with E-state index in [1.165, 1.54) is 25.0 Å². The van der Waals surface area contributed by atoms with E-state index in [0.717, 1.165) is 31.2 Å². The third-order valence-electron chi connectivity index (χ3n) is 3.70. The minimum atomic E-state index is -0.123. The maximum absolute atomic E-state index is 11.7. The molecule has 0 radical (unpaired) electrons. The highest BCUT2D eigenvalue weighted by molar-refractivity contribution is 5.75. The van der Waals surface area contributed by atoms with Crippen LogP contribution in [0.25, 0.3) is 0 Å². The molecule has 1 rings (SSSR count). The molecule has 0 atom stereocenters. The summed E-state index contributed by atoms with van der Waals surface area (Å²) in [5.41, 5.74) is 0.890. The first-order valence-electron chi connectivity index (χ1n) is 8.56. The van der Waals surface area contributed by atoms with Crippen LogP contribution in [0.1, 0.15) is 57.4 Å². The summed E-state index contributed by atoms with van der Waals surface area (Å²) in [7, 11) is 0. The Hall–Kier alpha value is -1.97. The van der Waals surface area contributed by atoms with Crippen LogP contribution in [-0.2, 0) is 11.2 Å². The molecule has 0 aliphatic rings. The number of phenolic OH excluding ortho intramolecular Hbond substituents is 2. The van der Waals surface area contributed by atoms with E-state index in [-0.39, 0.29) is 17.4 Å². The molecule has 0 fully saturated rings. The Morgan fingerprint density at radius 3 is 2.61 bits per heavy atom. The quantitative estimate of drug-likeness (QED) is 0.327. The second-order valence-corrected chi connectivity index (χ2v) is 5.76. The predicted molar refractivity (Wildman–Crippen MR) is 93.6 cm³/mol. The van der Waals surface area contributed by atoms with Gasteiger partial charge in [0.15, 0.2) is 11.5 Å². The van der Waals surface area contributed by atoms with Gasteiger partial charge in [-0.1, -0.05) is 38.0 Å². The van der Waals surface area contributed by atoms with Crippen molar-refractivity contribution in [2.24, 2.45) is 0 Å². The van der Waals surface area contributed by atoms with Crippen LogP contribution in [0.2, 0.25) is 0 Å². The number of amides is 1. The molecular formula is C19H29NO3. The first-order valence-corrected chi connectivity index (χ1v) is 8.56. The number of carbonyl (C=O) groups is 1. The van der Waals surface area contributed by atoms with Crippen molar-refractivity contribution in [3.8, 4) is 11.5 Å². The standard InChI is InChI=1S/C19H29NO3/c1-2-3-4-5-6-7-8-9-10-19(23)20-14-13-16-11-12-17(21)18(22)15-16/h3-4,11-12,15,21-22H,2,5-10,13-14H2,1H3,(H,20,23)/b4-3-. The maximum Gasteiger partial charge on any atom is 0.220 e. The molecule has 0 spiro atoms. The molecule has 1 aromatic rings. The van der Waals surface area contributed by atoms with E-state index in [2.05, 4.69) is 24.4 Å². The van der Waals surface area contributed by atoms with Crippen LogP contribution in [0.4, 0.5) is 0 Å². The minimum Gasteiger partial charge on any atom is -0.504 e. The van der Waals surface area contributed by atoms with Crippen LogP contribution in [0.15, 0.2) is 30.4 Å². The van der Waals surface area contributed by atoms with Crippen molar-refractivity contribution in [2.75, 3.05) is 6.54 Å². The number of rotatable bonds is 11. The van der Waals surface area contributed by atoms with E-state index >= 15 is 0 Å². The van der Waals surface area contributed by atoms with E-state index in [1.54, 1.807) is 6.07 Å². The summed E-state index contributed by atoms with van der Waals surface area (Å²) < 4.78 is 0. The molecule has 23 heavy (non-hydrogen) atoms. The fourth-order valence-electron chi connectivity index (χ4n) is 2.34. The lowest BCUT2D eigenvalue weighted by Crippen LogP contribution is -2.25. The van der Waals surface area contributed by atoms with Gasteiger partial charge in [0.05, 0.1) is 0 Å². The molecule has 4 nitrogen and oxygen atoms in total. The number of carbonyl (C=O) groups excluding carboxylic acids is 1. The molecule has 4 heteroatoms. The first kappa shape index (κ1) is 19.1. The summed E-state index contributed by atoms with van der Waals surface area (Å²) in [5.74, 6) is -0.163. The number of phenols is 2. The average Bonchev–Trinajstić information content (AvgIpc) is 2.53. The van der Waals surface area contributed by atoms with E-state index < -0.39 is 0 Å². The van der Waals surface area contributed by atoms with Gasteiger partial charge >= 0.3 is 0 Å². The Kier molecular flexibility index (Phi) is 9.60. The van der Waals surface area contributed by atoms with Gasteiger partial charge in [0, 0.05) is 13.0 Å². The van der Waals surface area contributed by atoms with E-state index in [1.807, 2.05) is 0 Å². The maximum atomic E-state index is 11.7. The molecular weight excluding hydrogens is 290 g/mol. The largest absolute Gasteiger partial charge is 0.504 e. The summed E-state index contributed by atoms with van der Waals surface area (Å²) in [6, 6.07) is 4.73. The topological polar surface area (TPSA) is 69.6 Å². The fourth-order valence-corrected chi connectivity index (χ4v) is 2.34. The third kappa shape index (κ3) is 8.91. The molecule has 0 heterocycles. The monoisotopic (exact) mass is 319 g/mol. The van der Waals surface area contributed by atoms with Gasteiger partial charge in [0.25, 0.3) is 0 Å². The van der Waals surface area contributed by atoms with E-state index in [0.29, 0.717) is 19.4 Å². The number of benzene rings is 1. The fraction of sp³-hybridized carbons (Fsp3) is 0.526. The Labute approximate surface area is 139 Å². The molecule has 0 saturated carbocycles. The second-order valence-electron chi connectivity index (χ2n) is 5.76. The van der Waals surface area contributed by atoms with Crippen molar-refractivity contribution in [1.29, 1.82) is 0 Å². The van der Waals surface area contributed by atoms with Crippen molar-refractivity contribution in [2.45, 2.75) is 58.3 Å². The molecule has 1 aromatic carbocycles. The van der Waals surface area contributed by atoms with Crippen molar-refractivity contribution >= 4 is 5.91 Å². The summed E-state index contributed by atoms with van der Waals surface area (Å²) in [4.78, 5) is 11.7. The summed E-state index contributed by atoms with van der Waals surface area (Å²) in [5, 5.41) is 21.5. The number of allylic oxidation sites excluding steroid dienone is 2. The van der Waals surface area contributed by atoms with Crippen LogP contribution in [0.5, 0.6) is 11.5 Å². The smallest absolute Gasteiger partial charge is 0.220 e. The molecule has 0 aromatic heterocycles. The zero-order valence-electron chi connectivity index (χ0n) is 14.1. The summed E-state index contributed by atoms with van der Waals surface area (Å²) in [6.45, 7) is 2.68. The summed E-state index contributed by atoms with van der Waals surface area (Å²) in [6.07, 6.45) is 12.3.